The number of amides is 2. The molecule has 160 valence electrons. The first kappa shape index (κ1) is 21.9. The number of hydrogen-bond donors (Lipinski definition) is 6. The van der Waals surface area contributed by atoms with Crippen LogP contribution in [0.5, 0.6) is 0 Å². The average molecular weight is 411 g/mol. The first-order valence-electron chi connectivity index (χ1n) is 10.3. The van der Waals surface area contributed by atoms with E-state index in [1.54, 1.807) is 36.4 Å². The fourth-order valence-corrected chi connectivity index (χ4v) is 3.39. The summed E-state index contributed by atoms with van der Waals surface area (Å²) in [7, 11) is 0. The fraction of sp³-hybridized carbons (Fsp3) is 0.364. The maximum atomic E-state index is 12.5. The molecule has 0 bridgehead atoms. The van der Waals surface area contributed by atoms with Crippen molar-refractivity contribution in [2.24, 2.45) is 5.73 Å². The highest BCUT2D eigenvalue weighted by Gasteiger charge is 2.25. The molecule has 0 aliphatic carbocycles. The van der Waals surface area contributed by atoms with E-state index >= 15 is 0 Å². The van der Waals surface area contributed by atoms with Gasteiger partial charge in [-0.25, -0.2) is 4.79 Å². The lowest BCUT2D eigenvalue weighted by molar-refractivity contribution is 0.103. The summed E-state index contributed by atoms with van der Waals surface area (Å²) in [6, 6.07) is 15.9. The Morgan fingerprint density at radius 3 is 2.43 bits per heavy atom. The molecule has 8 heteroatoms. The van der Waals surface area contributed by atoms with E-state index in [9.17, 15) is 9.59 Å². The van der Waals surface area contributed by atoms with Gasteiger partial charge >= 0.3 is 6.03 Å². The molecule has 30 heavy (non-hydrogen) atoms. The zero-order valence-corrected chi connectivity index (χ0v) is 17.2. The number of urea groups is 1. The standard InChI is InChI=1S/C22H30N6O2/c1-15-14-19(24-13-5-12-23)27-21(25-15)28-22(30)26-18-10-8-17(9-11-18)20(29)16-6-3-2-4-7-16/h2-4,6-11,15,19,21,24-25,27H,5,12-14,23H2,1H3,(H2,26,28,30). The number of benzene rings is 2. The number of carbonyl (C=O) groups excluding carboxylic acids is 2. The van der Waals surface area contributed by atoms with Crippen LogP contribution in [-0.2, 0) is 0 Å². The molecule has 2 aromatic rings. The van der Waals surface area contributed by atoms with E-state index in [2.05, 4.69) is 33.5 Å². The molecule has 1 aliphatic rings. The molecule has 1 fully saturated rings. The van der Waals surface area contributed by atoms with E-state index in [4.69, 9.17) is 5.73 Å². The maximum absolute atomic E-state index is 12.5. The molecule has 0 saturated carbocycles. The Morgan fingerprint density at radius 2 is 1.73 bits per heavy atom. The third-order valence-corrected chi connectivity index (χ3v) is 4.90. The highest BCUT2D eigenvalue weighted by molar-refractivity contribution is 6.09. The molecule has 0 aromatic heterocycles. The first-order valence-corrected chi connectivity index (χ1v) is 10.3. The molecule has 8 nitrogen and oxygen atoms in total. The monoisotopic (exact) mass is 410 g/mol. The van der Waals surface area contributed by atoms with E-state index < -0.39 is 0 Å². The van der Waals surface area contributed by atoms with Gasteiger partial charge < -0.3 is 21.7 Å². The Bertz CT molecular complexity index is 827. The van der Waals surface area contributed by atoms with Gasteiger partial charge in [-0.15, -0.1) is 0 Å². The summed E-state index contributed by atoms with van der Waals surface area (Å²) >= 11 is 0. The topological polar surface area (TPSA) is 120 Å². The van der Waals surface area contributed by atoms with Crippen LogP contribution in [-0.4, -0.2) is 43.4 Å². The second kappa shape index (κ2) is 10.8. The van der Waals surface area contributed by atoms with Gasteiger partial charge in [-0.3, -0.25) is 15.4 Å². The highest BCUT2D eigenvalue weighted by Crippen LogP contribution is 2.14. The molecule has 1 saturated heterocycles. The van der Waals surface area contributed by atoms with Crippen LogP contribution < -0.4 is 32.3 Å². The van der Waals surface area contributed by atoms with Gasteiger partial charge in [0.1, 0.15) is 6.29 Å². The molecule has 1 aliphatic heterocycles. The van der Waals surface area contributed by atoms with Crippen molar-refractivity contribution in [3.8, 4) is 0 Å². The van der Waals surface area contributed by atoms with Gasteiger partial charge in [0.15, 0.2) is 5.78 Å². The van der Waals surface area contributed by atoms with E-state index in [0.29, 0.717) is 23.4 Å². The Kier molecular flexibility index (Phi) is 7.92. The SMILES string of the molecule is CC1CC(NCCCN)NC(NC(=O)Nc2ccc(C(=O)c3ccccc3)cc2)N1. The molecule has 2 amide bonds. The lowest BCUT2D eigenvalue weighted by Gasteiger charge is -2.36. The van der Waals surface area contributed by atoms with Crippen LogP contribution in [0.15, 0.2) is 54.6 Å². The zero-order valence-electron chi connectivity index (χ0n) is 17.2. The molecule has 2 aromatic carbocycles. The molecular formula is C22H30N6O2. The molecule has 1 heterocycles. The Hall–Kier alpha value is -2.78. The largest absolute Gasteiger partial charge is 0.330 e. The molecule has 7 N–H and O–H groups in total. The van der Waals surface area contributed by atoms with Crippen LogP contribution in [0, 0.1) is 0 Å². The van der Waals surface area contributed by atoms with Crippen molar-refractivity contribution in [3.63, 3.8) is 0 Å². The first-order chi connectivity index (χ1) is 14.5. The van der Waals surface area contributed by atoms with Gasteiger partial charge in [0.2, 0.25) is 0 Å². The second-order valence-electron chi connectivity index (χ2n) is 7.42. The van der Waals surface area contributed by atoms with E-state index in [0.717, 1.165) is 19.4 Å². The van der Waals surface area contributed by atoms with Crippen molar-refractivity contribution in [2.75, 3.05) is 18.4 Å². The lowest BCUT2D eigenvalue weighted by atomic mass is 10.0. The third kappa shape index (κ3) is 6.36. The Morgan fingerprint density at radius 1 is 1.03 bits per heavy atom. The van der Waals surface area contributed by atoms with E-state index in [1.165, 1.54) is 0 Å². The van der Waals surface area contributed by atoms with Gasteiger partial charge in [0.25, 0.3) is 0 Å². The van der Waals surface area contributed by atoms with Crippen molar-refractivity contribution in [1.29, 1.82) is 0 Å². The van der Waals surface area contributed by atoms with Crippen molar-refractivity contribution in [1.82, 2.24) is 21.3 Å². The number of hydrogen-bond acceptors (Lipinski definition) is 6. The Balaban J connectivity index is 1.51. The predicted octanol–water partition coefficient (Wildman–Crippen LogP) is 1.56. The Labute approximate surface area is 177 Å². The minimum absolute atomic E-state index is 0.0515. The molecular weight excluding hydrogens is 380 g/mol. The number of rotatable bonds is 8. The predicted molar refractivity (Wildman–Crippen MR) is 118 cm³/mol. The number of anilines is 1. The quantitative estimate of drug-likeness (QED) is 0.290. The molecule has 0 radical (unpaired) electrons. The van der Waals surface area contributed by atoms with Gasteiger partial charge in [-0.2, -0.15) is 0 Å². The van der Waals surface area contributed by atoms with Crippen molar-refractivity contribution in [3.05, 3.63) is 65.7 Å². The number of nitrogens with one attached hydrogen (secondary N) is 5. The number of carbonyl (C=O) groups is 2. The van der Waals surface area contributed by atoms with Crippen molar-refractivity contribution >= 4 is 17.5 Å². The second-order valence-corrected chi connectivity index (χ2v) is 7.42. The fourth-order valence-electron chi connectivity index (χ4n) is 3.39. The van der Waals surface area contributed by atoms with Crippen LogP contribution >= 0.6 is 0 Å². The van der Waals surface area contributed by atoms with Crippen LogP contribution in [0.3, 0.4) is 0 Å². The van der Waals surface area contributed by atoms with Crippen molar-refractivity contribution in [2.45, 2.75) is 38.3 Å². The number of nitrogens with two attached hydrogens (primary N) is 1. The van der Waals surface area contributed by atoms with Gasteiger partial charge in [0, 0.05) is 22.9 Å². The lowest BCUT2D eigenvalue weighted by Crippen LogP contribution is -2.67. The van der Waals surface area contributed by atoms with Crippen LogP contribution in [0.1, 0.15) is 35.7 Å². The smallest absolute Gasteiger partial charge is 0.321 e. The minimum Gasteiger partial charge on any atom is -0.330 e. The van der Waals surface area contributed by atoms with Crippen LogP contribution in [0.2, 0.25) is 0 Å². The summed E-state index contributed by atoms with van der Waals surface area (Å²) in [6.07, 6.45) is 1.55. The highest BCUT2D eigenvalue weighted by atomic mass is 16.2. The van der Waals surface area contributed by atoms with Crippen LogP contribution in [0.4, 0.5) is 10.5 Å². The van der Waals surface area contributed by atoms with Gasteiger partial charge in [0.05, 0.1) is 6.17 Å². The molecule has 3 rings (SSSR count). The number of ketones is 1. The van der Waals surface area contributed by atoms with E-state index in [1.807, 2.05) is 18.2 Å². The maximum Gasteiger partial charge on any atom is 0.321 e. The molecule has 0 spiro atoms. The normalized spacial score (nSPS) is 21.1. The zero-order chi connectivity index (χ0) is 21.3. The van der Waals surface area contributed by atoms with Crippen LogP contribution in [0.25, 0.3) is 0 Å². The molecule has 3 atom stereocenters. The summed E-state index contributed by atoms with van der Waals surface area (Å²) in [5.41, 5.74) is 7.35. The van der Waals surface area contributed by atoms with E-state index in [-0.39, 0.29) is 30.3 Å². The van der Waals surface area contributed by atoms with Gasteiger partial charge in [-0.1, -0.05) is 30.3 Å². The summed E-state index contributed by atoms with van der Waals surface area (Å²) in [6.45, 7) is 3.55. The summed E-state index contributed by atoms with van der Waals surface area (Å²) in [5.74, 6) is -0.0515. The van der Waals surface area contributed by atoms with Crippen molar-refractivity contribution < 1.29 is 9.59 Å². The third-order valence-electron chi connectivity index (χ3n) is 4.90. The summed E-state index contributed by atoms with van der Waals surface area (Å²) < 4.78 is 0. The summed E-state index contributed by atoms with van der Waals surface area (Å²) in [5, 5.41) is 15.7. The minimum atomic E-state index is -0.358. The molecule has 3 unspecified atom stereocenters. The van der Waals surface area contributed by atoms with Gasteiger partial charge in [-0.05, 0) is 57.1 Å². The average Bonchev–Trinajstić information content (AvgIpc) is 2.74. The summed E-state index contributed by atoms with van der Waals surface area (Å²) in [4.78, 5) is 24.9.